The van der Waals surface area contributed by atoms with Crippen LogP contribution >= 0.6 is 22.9 Å². The van der Waals surface area contributed by atoms with E-state index in [0.717, 1.165) is 16.6 Å². The van der Waals surface area contributed by atoms with E-state index in [4.69, 9.17) is 30.8 Å². The third-order valence-electron chi connectivity index (χ3n) is 7.65. The molecule has 2 aromatic rings. The first-order chi connectivity index (χ1) is 22.1. The summed E-state index contributed by atoms with van der Waals surface area (Å²) in [7, 11) is -2.56. The first-order valence-electron chi connectivity index (χ1n) is 15.0. The number of allylic oxidation sites excluding steroid dienone is 1. The van der Waals surface area contributed by atoms with Gasteiger partial charge in [0.15, 0.2) is 10.8 Å². The predicted molar refractivity (Wildman–Crippen MR) is 174 cm³/mol. The van der Waals surface area contributed by atoms with Crippen LogP contribution in [0.1, 0.15) is 70.0 Å². The van der Waals surface area contributed by atoms with Gasteiger partial charge in [0.2, 0.25) is 10.0 Å². The molecule has 0 saturated heterocycles. The number of hydrogen-bond donors (Lipinski definition) is 0. The van der Waals surface area contributed by atoms with Gasteiger partial charge in [0.05, 0.1) is 31.2 Å². The molecule has 1 aliphatic heterocycles. The average Bonchev–Trinajstić information content (AvgIpc) is 3.52. The van der Waals surface area contributed by atoms with Crippen molar-refractivity contribution in [3.63, 3.8) is 0 Å². The molecule has 1 aromatic heterocycles. The van der Waals surface area contributed by atoms with Gasteiger partial charge in [0.25, 0.3) is 0 Å². The SMILES string of the molecule is CCOC(=O)CN([C@H]1CC[C@H](C2=C(C(=O)OC)C(c3ccc(F)cc3Cl)N(C(=O)OC(C)(C)C)C(c3nccs3)=N2)CC1)S(C)(=O)=O. The molecule has 1 aliphatic carbocycles. The highest BCUT2D eigenvalue weighted by Crippen LogP contribution is 2.45. The number of rotatable bonds is 9. The summed E-state index contributed by atoms with van der Waals surface area (Å²) in [6.07, 6.45) is 3.18. The van der Waals surface area contributed by atoms with Crippen molar-refractivity contribution in [3.05, 3.63) is 62.5 Å². The number of hydrogen-bond acceptors (Lipinski definition) is 11. The summed E-state index contributed by atoms with van der Waals surface area (Å²) in [4.78, 5) is 50.4. The van der Waals surface area contributed by atoms with Crippen LogP contribution in [-0.2, 0) is 33.8 Å². The molecule has 12 nitrogen and oxygen atoms in total. The molecular weight excluding hydrogens is 675 g/mol. The lowest BCUT2D eigenvalue weighted by Crippen LogP contribution is -2.48. The number of methoxy groups -OCH3 is 1. The maximum absolute atomic E-state index is 14.3. The molecule has 2 heterocycles. The maximum atomic E-state index is 14.3. The van der Waals surface area contributed by atoms with E-state index in [0.29, 0.717) is 36.4 Å². The normalized spacial score (nSPS) is 20.6. The summed E-state index contributed by atoms with van der Waals surface area (Å²) in [5, 5.41) is 2.02. The largest absolute Gasteiger partial charge is 0.466 e. The molecule has 47 heavy (non-hydrogen) atoms. The summed E-state index contributed by atoms with van der Waals surface area (Å²) in [6, 6.07) is 1.90. The molecular formula is C31H38ClFN4O8S2. The quantitative estimate of drug-likeness (QED) is 0.244. The molecule has 1 amide bonds. The monoisotopic (exact) mass is 712 g/mol. The minimum Gasteiger partial charge on any atom is -0.466 e. The van der Waals surface area contributed by atoms with Crippen LogP contribution in [0.3, 0.4) is 0 Å². The molecule has 1 aromatic carbocycles. The fourth-order valence-electron chi connectivity index (χ4n) is 5.75. The third kappa shape index (κ3) is 8.55. The van der Waals surface area contributed by atoms with Gasteiger partial charge in [-0.15, -0.1) is 11.3 Å². The zero-order chi connectivity index (χ0) is 34.7. The van der Waals surface area contributed by atoms with E-state index >= 15 is 0 Å². The van der Waals surface area contributed by atoms with Crippen LogP contribution in [0.5, 0.6) is 0 Å². The summed E-state index contributed by atoms with van der Waals surface area (Å²) in [5.41, 5.74) is -0.401. The van der Waals surface area contributed by atoms with E-state index in [-0.39, 0.29) is 28.6 Å². The van der Waals surface area contributed by atoms with Crippen LogP contribution in [0.4, 0.5) is 9.18 Å². The smallest absolute Gasteiger partial charge is 0.416 e. The van der Waals surface area contributed by atoms with E-state index in [1.54, 1.807) is 39.3 Å². The Morgan fingerprint density at radius 3 is 2.38 bits per heavy atom. The number of esters is 2. The van der Waals surface area contributed by atoms with Gasteiger partial charge in [0, 0.05) is 28.6 Å². The van der Waals surface area contributed by atoms with Crippen LogP contribution in [0.15, 0.2) is 46.0 Å². The lowest BCUT2D eigenvalue weighted by molar-refractivity contribution is -0.143. The molecule has 1 unspecified atom stereocenters. The highest BCUT2D eigenvalue weighted by Gasteiger charge is 2.46. The molecule has 0 spiro atoms. The van der Waals surface area contributed by atoms with E-state index in [9.17, 15) is 27.2 Å². The molecule has 16 heteroatoms. The van der Waals surface area contributed by atoms with Crippen LogP contribution in [0.2, 0.25) is 5.02 Å². The number of sulfonamides is 1. The van der Waals surface area contributed by atoms with Crippen LogP contribution < -0.4 is 0 Å². The number of carbonyl (C=O) groups is 3. The molecule has 0 N–H and O–H groups in total. The number of carbonyl (C=O) groups excluding carboxylic acids is 3. The van der Waals surface area contributed by atoms with Crippen molar-refractivity contribution in [2.75, 3.05) is 26.5 Å². The van der Waals surface area contributed by atoms with Gasteiger partial charge in [-0.25, -0.2) is 37.3 Å². The van der Waals surface area contributed by atoms with Crippen molar-refractivity contribution in [1.29, 1.82) is 0 Å². The number of ether oxygens (including phenoxy) is 3. The van der Waals surface area contributed by atoms with Crippen molar-refractivity contribution >= 4 is 56.8 Å². The van der Waals surface area contributed by atoms with Crippen molar-refractivity contribution in [1.82, 2.24) is 14.2 Å². The van der Waals surface area contributed by atoms with E-state index in [2.05, 4.69) is 4.98 Å². The zero-order valence-electron chi connectivity index (χ0n) is 27.0. The number of amidine groups is 1. The fraction of sp³-hybridized carbons (Fsp3) is 0.516. The Morgan fingerprint density at radius 1 is 1.17 bits per heavy atom. The van der Waals surface area contributed by atoms with Gasteiger partial charge in [-0.2, -0.15) is 4.31 Å². The molecule has 256 valence electrons. The number of nitrogens with zero attached hydrogens (tertiary/aromatic N) is 4. The van der Waals surface area contributed by atoms with Crippen molar-refractivity contribution in [2.24, 2.45) is 10.9 Å². The number of aliphatic imine (C=N–C) groups is 1. The van der Waals surface area contributed by atoms with Gasteiger partial charge in [-0.05, 0) is 71.1 Å². The number of benzene rings is 1. The van der Waals surface area contributed by atoms with Crippen molar-refractivity contribution in [3.8, 4) is 0 Å². The summed E-state index contributed by atoms with van der Waals surface area (Å²) < 4.78 is 56.8. The van der Waals surface area contributed by atoms with Crippen molar-refractivity contribution < 1.29 is 41.4 Å². The Kier molecular flexibility index (Phi) is 11.5. The molecule has 2 aliphatic rings. The minimum absolute atomic E-state index is 0.00196. The van der Waals surface area contributed by atoms with Gasteiger partial charge in [-0.3, -0.25) is 4.79 Å². The number of aromatic nitrogens is 1. The highest BCUT2D eigenvalue weighted by atomic mass is 35.5. The van der Waals surface area contributed by atoms with E-state index in [1.807, 2.05) is 0 Å². The van der Waals surface area contributed by atoms with Crippen molar-refractivity contribution in [2.45, 2.75) is 71.1 Å². The van der Waals surface area contributed by atoms with Gasteiger partial charge >= 0.3 is 18.0 Å². The van der Waals surface area contributed by atoms with Crippen LogP contribution in [0.25, 0.3) is 0 Å². The Bertz CT molecular complexity index is 1670. The predicted octanol–water partition coefficient (Wildman–Crippen LogP) is 5.48. The van der Waals surface area contributed by atoms with Crippen LogP contribution in [0, 0.1) is 11.7 Å². The maximum Gasteiger partial charge on any atom is 0.416 e. The first-order valence-corrected chi connectivity index (χ1v) is 18.1. The lowest BCUT2D eigenvalue weighted by Gasteiger charge is -2.40. The zero-order valence-corrected chi connectivity index (χ0v) is 29.4. The summed E-state index contributed by atoms with van der Waals surface area (Å²) in [6.45, 7) is 6.42. The van der Waals surface area contributed by atoms with Gasteiger partial charge in [0.1, 0.15) is 24.0 Å². The van der Waals surface area contributed by atoms with E-state index in [1.165, 1.54) is 35.5 Å². The molecule has 4 rings (SSSR count). The van der Waals surface area contributed by atoms with Crippen LogP contribution in [-0.4, -0.2) is 84.6 Å². The minimum atomic E-state index is -3.76. The third-order valence-corrected chi connectivity index (χ3v) is 10.0. The first kappa shape index (κ1) is 36.4. The Balaban J connectivity index is 1.86. The number of thiazole rings is 1. The second-order valence-electron chi connectivity index (χ2n) is 12.1. The molecule has 0 bridgehead atoms. The number of amides is 1. The molecule has 1 atom stereocenters. The lowest BCUT2D eigenvalue weighted by atomic mass is 9.80. The second kappa shape index (κ2) is 14.8. The molecule has 1 fully saturated rings. The molecule has 1 saturated carbocycles. The van der Waals surface area contributed by atoms with E-state index < -0.39 is 64.0 Å². The Labute approximate surface area is 282 Å². The average molecular weight is 713 g/mol. The Morgan fingerprint density at radius 2 is 1.85 bits per heavy atom. The second-order valence-corrected chi connectivity index (χ2v) is 15.3. The summed E-state index contributed by atoms with van der Waals surface area (Å²) in [5.74, 6) is -2.36. The highest BCUT2D eigenvalue weighted by molar-refractivity contribution is 7.88. The van der Waals surface area contributed by atoms with Gasteiger partial charge in [-0.1, -0.05) is 17.7 Å². The number of halogens is 2. The molecule has 0 radical (unpaired) electrons. The standard InChI is InChI=1S/C31H38ClFN4O8S2/c1-7-44-23(38)17-36(47(6,41)42)20-11-8-18(9-12-20)25-24(29(39)43-5)26(21-13-10-19(33)16-22(21)32)37(30(40)45-31(2,3)4)27(35-25)28-34-14-15-46-28/h10,13-16,18,20,26H,7-9,11-12,17H2,1-6H3/t18-,20-,26?. The topological polar surface area (TPSA) is 145 Å². The summed E-state index contributed by atoms with van der Waals surface area (Å²) >= 11 is 7.81. The fourth-order valence-corrected chi connectivity index (χ4v) is 7.74. The Hall–Kier alpha value is -3.40. The van der Waals surface area contributed by atoms with Gasteiger partial charge < -0.3 is 14.2 Å².